The van der Waals surface area contributed by atoms with E-state index in [-0.39, 0.29) is 0 Å². The second-order valence-corrected chi connectivity index (χ2v) is 3.99. The third kappa shape index (κ3) is 2.02. The molecule has 0 aromatic heterocycles. The summed E-state index contributed by atoms with van der Waals surface area (Å²) in [6.45, 7) is 5.40. The summed E-state index contributed by atoms with van der Waals surface area (Å²) in [6, 6.07) is 9.32. The highest BCUT2D eigenvalue weighted by Gasteiger charge is 2.00. The molecular formula is C9H10OS. The van der Waals surface area contributed by atoms with Gasteiger partial charge in [-0.05, 0) is 19.1 Å². The first-order valence-corrected chi connectivity index (χ1v) is 4.49. The molecule has 0 aliphatic rings. The van der Waals surface area contributed by atoms with Gasteiger partial charge in [0.15, 0.2) is 0 Å². The van der Waals surface area contributed by atoms with Gasteiger partial charge in [0.2, 0.25) is 0 Å². The molecule has 0 fully saturated rings. The lowest BCUT2D eigenvalue weighted by molar-refractivity contribution is 0.687. The lowest BCUT2D eigenvalue weighted by Crippen LogP contribution is -1.89. The third-order valence-electron chi connectivity index (χ3n) is 1.27. The van der Waals surface area contributed by atoms with Crippen LogP contribution in [0.4, 0.5) is 0 Å². The van der Waals surface area contributed by atoms with Crippen LogP contribution in [0.1, 0.15) is 6.92 Å². The zero-order chi connectivity index (χ0) is 8.27. The summed E-state index contributed by atoms with van der Waals surface area (Å²) in [6.07, 6.45) is 0. The molecule has 0 saturated carbocycles. The molecule has 0 aliphatic carbocycles. The van der Waals surface area contributed by atoms with Crippen LogP contribution in [0.2, 0.25) is 0 Å². The number of hydrogen-bond donors (Lipinski definition) is 0. The summed E-state index contributed by atoms with van der Waals surface area (Å²) in [5.41, 5.74) is 0. The summed E-state index contributed by atoms with van der Waals surface area (Å²) in [4.78, 5) is 1.51. The molecule has 1 rings (SSSR count). The molecule has 1 nitrogen and oxygen atoms in total. The van der Waals surface area contributed by atoms with Crippen LogP contribution < -0.4 is 0 Å². The first-order chi connectivity index (χ1) is 5.22. The molecule has 1 atom stereocenters. The van der Waals surface area contributed by atoms with Crippen molar-refractivity contribution in [1.82, 2.24) is 0 Å². The SMILES string of the molecule is C=C(C)S(=O)c1ccccc1. The third-order valence-corrected chi connectivity index (χ3v) is 2.61. The predicted octanol–water partition coefficient (Wildman–Crippen LogP) is 2.33. The topological polar surface area (TPSA) is 17.1 Å². The van der Waals surface area contributed by atoms with Gasteiger partial charge in [-0.25, -0.2) is 4.21 Å². The smallest absolute Gasteiger partial charge is 0.0799 e. The van der Waals surface area contributed by atoms with Gasteiger partial charge in [-0.3, -0.25) is 0 Å². The summed E-state index contributed by atoms with van der Waals surface area (Å²) in [7, 11) is -1.03. The molecule has 0 amide bonds. The Morgan fingerprint density at radius 3 is 2.36 bits per heavy atom. The van der Waals surface area contributed by atoms with Gasteiger partial charge < -0.3 is 0 Å². The summed E-state index contributed by atoms with van der Waals surface area (Å²) in [5.74, 6) is 0. The van der Waals surface area contributed by atoms with Crippen LogP contribution in [0.25, 0.3) is 0 Å². The van der Waals surface area contributed by atoms with Crippen LogP contribution in [-0.2, 0) is 10.8 Å². The Kier molecular flexibility index (Phi) is 2.60. The molecule has 1 aromatic rings. The molecule has 1 aromatic carbocycles. The Hall–Kier alpha value is -0.890. The van der Waals surface area contributed by atoms with Crippen molar-refractivity contribution < 1.29 is 4.21 Å². The fraction of sp³-hybridized carbons (Fsp3) is 0.111. The molecule has 0 N–H and O–H groups in total. The maximum atomic E-state index is 11.4. The van der Waals surface area contributed by atoms with Crippen molar-refractivity contribution >= 4 is 10.8 Å². The van der Waals surface area contributed by atoms with E-state index in [2.05, 4.69) is 6.58 Å². The molecule has 58 valence electrons. The zero-order valence-electron chi connectivity index (χ0n) is 6.41. The molecule has 0 radical (unpaired) electrons. The fourth-order valence-electron chi connectivity index (χ4n) is 0.745. The lowest BCUT2D eigenvalue weighted by atomic mass is 10.4. The second kappa shape index (κ2) is 3.49. The van der Waals surface area contributed by atoms with Gasteiger partial charge in [0.25, 0.3) is 0 Å². The van der Waals surface area contributed by atoms with Crippen molar-refractivity contribution in [3.05, 3.63) is 41.8 Å². The Labute approximate surface area is 69.2 Å². The minimum atomic E-state index is -1.03. The Bertz CT molecular complexity index is 277. The second-order valence-electron chi connectivity index (χ2n) is 2.28. The highest BCUT2D eigenvalue weighted by Crippen LogP contribution is 2.10. The summed E-state index contributed by atoms with van der Waals surface area (Å²) >= 11 is 0. The highest BCUT2D eigenvalue weighted by molar-refractivity contribution is 7.89. The maximum absolute atomic E-state index is 11.4. The van der Waals surface area contributed by atoms with Crippen molar-refractivity contribution in [2.75, 3.05) is 0 Å². The highest BCUT2D eigenvalue weighted by atomic mass is 32.2. The maximum Gasteiger partial charge on any atom is 0.0799 e. The van der Waals surface area contributed by atoms with Crippen LogP contribution in [-0.4, -0.2) is 4.21 Å². The zero-order valence-corrected chi connectivity index (χ0v) is 7.23. The molecule has 2 heteroatoms. The van der Waals surface area contributed by atoms with Crippen molar-refractivity contribution in [3.8, 4) is 0 Å². The molecule has 0 heterocycles. The van der Waals surface area contributed by atoms with Crippen LogP contribution in [0.3, 0.4) is 0 Å². The number of hydrogen-bond acceptors (Lipinski definition) is 1. The molecule has 0 saturated heterocycles. The number of benzene rings is 1. The molecular weight excluding hydrogens is 156 g/mol. The van der Waals surface area contributed by atoms with Crippen molar-refractivity contribution in [2.24, 2.45) is 0 Å². The Balaban J connectivity index is 2.95. The van der Waals surface area contributed by atoms with E-state index in [9.17, 15) is 4.21 Å². The normalized spacial score (nSPS) is 12.5. The summed E-state index contributed by atoms with van der Waals surface area (Å²) < 4.78 is 11.4. The van der Waals surface area contributed by atoms with Crippen molar-refractivity contribution in [3.63, 3.8) is 0 Å². The van der Waals surface area contributed by atoms with Gasteiger partial charge in [0, 0.05) is 9.80 Å². The average Bonchev–Trinajstić information content (AvgIpc) is 2.05. The van der Waals surface area contributed by atoms with E-state index >= 15 is 0 Å². The number of allylic oxidation sites excluding steroid dienone is 1. The van der Waals surface area contributed by atoms with Gasteiger partial charge in [0.05, 0.1) is 10.8 Å². The van der Waals surface area contributed by atoms with Gasteiger partial charge in [0.1, 0.15) is 0 Å². The van der Waals surface area contributed by atoms with E-state index in [4.69, 9.17) is 0 Å². The average molecular weight is 166 g/mol. The molecule has 11 heavy (non-hydrogen) atoms. The number of rotatable bonds is 2. The first-order valence-electron chi connectivity index (χ1n) is 3.34. The van der Waals surface area contributed by atoms with Gasteiger partial charge in [-0.15, -0.1) is 0 Å². The van der Waals surface area contributed by atoms with Crippen LogP contribution in [0.15, 0.2) is 46.7 Å². The van der Waals surface area contributed by atoms with E-state index in [1.165, 1.54) is 0 Å². The lowest BCUT2D eigenvalue weighted by Gasteiger charge is -1.98. The molecule has 0 aliphatic heterocycles. The quantitative estimate of drug-likeness (QED) is 0.659. The minimum Gasteiger partial charge on any atom is -0.249 e. The van der Waals surface area contributed by atoms with Gasteiger partial charge >= 0.3 is 0 Å². The Morgan fingerprint density at radius 1 is 1.36 bits per heavy atom. The molecule has 1 unspecified atom stereocenters. The predicted molar refractivity (Wildman–Crippen MR) is 47.7 cm³/mol. The van der Waals surface area contributed by atoms with Crippen molar-refractivity contribution in [2.45, 2.75) is 11.8 Å². The van der Waals surface area contributed by atoms with Crippen molar-refractivity contribution in [1.29, 1.82) is 0 Å². The molecule has 0 bridgehead atoms. The Morgan fingerprint density at radius 2 is 1.91 bits per heavy atom. The van der Waals surface area contributed by atoms with E-state index in [1.807, 2.05) is 30.3 Å². The van der Waals surface area contributed by atoms with Gasteiger partial charge in [-0.2, -0.15) is 0 Å². The van der Waals surface area contributed by atoms with E-state index in [0.29, 0.717) is 4.91 Å². The fourth-order valence-corrected chi connectivity index (χ4v) is 1.55. The van der Waals surface area contributed by atoms with Crippen LogP contribution in [0, 0.1) is 0 Å². The van der Waals surface area contributed by atoms with E-state index in [0.717, 1.165) is 4.90 Å². The monoisotopic (exact) mass is 166 g/mol. The largest absolute Gasteiger partial charge is 0.249 e. The first kappa shape index (κ1) is 8.21. The van der Waals surface area contributed by atoms with Crippen LogP contribution in [0.5, 0.6) is 0 Å². The summed E-state index contributed by atoms with van der Waals surface area (Å²) in [5, 5.41) is 0. The molecule has 0 spiro atoms. The van der Waals surface area contributed by atoms with Crippen LogP contribution >= 0.6 is 0 Å². The van der Waals surface area contributed by atoms with Gasteiger partial charge in [-0.1, -0.05) is 24.8 Å². The van der Waals surface area contributed by atoms with E-state index < -0.39 is 10.8 Å². The van der Waals surface area contributed by atoms with E-state index in [1.54, 1.807) is 6.92 Å². The minimum absolute atomic E-state index is 0.691. The standard InChI is InChI=1S/C9H10OS/c1-8(2)11(10)9-6-4-3-5-7-9/h3-7H,1H2,2H3.